The molecule has 0 unspecified atom stereocenters. The molecule has 0 aliphatic rings. The second-order valence-corrected chi connectivity index (χ2v) is 7.25. The SMILES string of the molecule is COC(=O)[C@@H](Cc1c(Cl)cccc1Cl)NC(=O)[C@H](Cc1ccccc1)NC(C)=O. The zero-order valence-electron chi connectivity index (χ0n) is 16.1. The summed E-state index contributed by atoms with van der Waals surface area (Å²) in [6.07, 6.45) is 0.321. The summed E-state index contributed by atoms with van der Waals surface area (Å²) in [5.41, 5.74) is 1.39. The first-order valence-corrected chi connectivity index (χ1v) is 9.69. The number of rotatable bonds is 8. The normalized spacial score (nSPS) is 12.6. The molecular weight excluding hydrogens is 415 g/mol. The van der Waals surface area contributed by atoms with E-state index in [2.05, 4.69) is 10.6 Å². The molecule has 2 amide bonds. The molecule has 2 N–H and O–H groups in total. The van der Waals surface area contributed by atoms with Gasteiger partial charge in [-0.3, -0.25) is 9.59 Å². The Morgan fingerprint density at radius 1 is 0.897 bits per heavy atom. The first-order chi connectivity index (χ1) is 13.8. The molecule has 0 heterocycles. The lowest BCUT2D eigenvalue weighted by Crippen LogP contribution is -2.53. The Morgan fingerprint density at radius 2 is 1.52 bits per heavy atom. The number of methoxy groups -OCH3 is 1. The van der Waals surface area contributed by atoms with Crippen molar-refractivity contribution < 1.29 is 19.1 Å². The predicted octanol–water partition coefficient (Wildman–Crippen LogP) is 2.94. The Kier molecular flexibility index (Phi) is 8.49. The van der Waals surface area contributed by atoms with Gasteiger partial charge in [0.2, 0.25) is 11.8 Å². The molecule has 0 aromatic heterocycles. The Hall–Kier alpha value is -2.57. The van der Waals surface area contributed by atoms with Gasteiger partial charge in [0.15, 0.2) is 0 Å². The number of carbonyl (C=O) groups is 3. The first-order valence-electron chi connectivity index (χ1n) is 8.94. The van der Waals surface area contributed by atoms with E-state index >= 15 is 0 Å². The van der Waals surface area contributed by atoms with Crippen LogP contribution in [-0.4, -0.2) is 37.0 Å². The molecule has 8 heteroatoms. The average Bonchev–Trinajstić information content (AvgIpc) is 2.69. The second-order valence-electron chi connectivity index (χ2n) is 6.43. The standard InChI is InChI=1S/C21H22Cl2N2O4/c1-13(26)24-18(11-14-7-4-3-5-8-14)20(27)25-19(21(28)29-2)12-15-16(22)9-6-10-17(15)23/h3-10,18-19H,11-12H2,1-2H3,(H,24,26)(H,25,27)/t18-,19+/m0/s1. The van der Waals surface area contributed by atoms with Crippen molar-refractivity contribution in [3.8, 4) is 0 Å². The number of esters is 1. The smallest absolute Gasteiger partial charge is 0.328 e. The van der Waals surface area contributed by atoms with Gasteiger partial charge in [0.05, 0.1) is 7.11 Å². The second kappa shape index (κ2) is 10.8. The highest BCUT2D eigenvalue weighted by Crippen LogP contribution is 2.25. The molecule has 154 valence electrons. The van der Waals surface area contributed by atoms with Gasteiger partial charge in [0, 0.05) is 29.8 Å². The molecule has 29 heavy (non-hydrogen) atoms. The molecule has 2 aromatic carbocycles. The topological polar surface area (TPSA) is 84.5 Å². The van der Waals surface area contributed by atoms with Crippen LogP contribution in [0, 0.1) is 0 Å². The van der Waals surface area contributed by atoms with Gasteiger partial charge in [-0.15, -0.1) is 0 Å². The van der Waals surface area contributed by atoms with Crippen molar-refractivity contribution in [2.75, 3.05) is 7.11 Å². The first kappa shape index (κ1) is 22.7. The lowest BCUT2D eigenvalue weighted by Gasteiger charge is -2.22. The Bertz CT molecular complexity index is 854. The molecule has 6 nitrogen and oxygen atoms in total. The Morgan fingerprint density at radius 3 is 2.07 bits per heavy atom. The van der Waals surface area contributed by atoms with Crippen LogP contribution in [0.5, 0.6) is 0 Å². The Labute approximate surface area is 179 Å². The maximum absolute atomic E-state index is 12.9. The molecule has 0 aliphatic carbocycles. The van der Waals surface area contributed by atoms with Crippen LogP contribution in [0.25, 0.3) is 0 Å². The molecule has 0 saturated heterocycles. The largest absolute Gasteiger partial charge is 0.467 e. The fourth-order valence-electron chi connectivity index (χ4n) is 2.84. The monoisotopic (exact) mass is 436 g/mol. The summed E-state index contributed by atoms with van der Waals surface area (Å²) in [7, 11) is 1.23. The van der Waals surface area contributed by atoms with Gasteiger partial charge in [-0.2, -0.15) is 0 Å². The van der Waals surface area contributed by atoms with Crippen LogP contribution in [-0.2, 0) is 32.0 Å². The predicted molar refractivity (Wildman–Crippen MR) is 112 cm³/mol. The van der Waals surface area contributed by atoms with Crippen molar-refractivity contribution >= 4 is 41.0 Å². The molecule has 2 aromatic rings. The summed E-state index contributed by atoms with van der Waals surface area (Å²) in [5, 5.41) is 6.03. The fraction of sp³-hybridized carbons (Fsp3) is 0.286. The molecule has 0 spiro atoms. The number of hydrogen-bond donors (Lipinski definition) is 2. The summed E-state index contributed by atoms with van der Waals surface area (Å²) in [5.74, 6) is -1.51. The zero-order chi connectivity index (χ0) is 21.4. The van der Waals surface area contributed by atoms with Crippen LogP contribution in [0.15, 0.2) is 48.5 Å². The zero-order valence-corrected chi connectivity index (χ0v) is 17.6. The minimum Gasteiger partial charge on any atom is -0.467 e. The van der Waals surface area contributed by atoms with Crippen molar-refractivity contribution in [3.63, 3.8) is 0 Å². The number of halogens is 2. The van der Waals surface area contributed by atoms with E-state index in [1.165, 1.54) is 14.0 Å². The van der Waals surface area contributed by atoms with Crippen LogP contribution in [0.2, 0.25) is 10.0 Å². The minimum absolute atomic E-state index is 0.0506. The number of benzene rings is 2. The van der Waals surface area contributed by atoms with Crippen molar-refractivity contribution in [2.24, 2.45) is 0 Å². The van der Waals surface area contributed by atoms with E-state index in [1.807, 2.05) is 30.3 Å². The van der Waals surface area contributed by atoms with Gasteiger partial charge in [-0.1, -0.05) is 59.6 Å². The van der Waals surface area contributed by atoms with Gasteiger partial charge in [-0.05, 0) is 23.3 Å². The summed E-state index contributed by atoms with van der Waals surface area (Å²) < 4.78 is 4.82. The number of nitrogens with one attached hydrogen (secondary N) is 2. The van der Waals surface area contributed by atoms with Gasteiger partial charge in [0.25, 0.3) is 0 Å². The van der Waals surface area contributed by atoms with Crippen LogP contribution in [0.1, 0.15) is 18.1 Å². The quantitative estimate of drug-likeness (QED) is 0.622. The van der Waals surface area contributed by atoms with Crippen molar-refractivity contribution in [2.45, 2.75) is 31.8 Å². The third-order valence-electron chi connectivity index (χ3n) is 4.25. The fourth-order valence-corrected chi connectivity index (χ4v) is 3.40. The van der Waals surface area contributed by atoms with E-state index < -0.39 is 24.0 Å². The Balaban J connectivity index is 2.21. The molecule has 2 atom stereocenters. The van der Waals surface area contributed by atoms with Gasteiger partial charge >= 0.3 is 5.97 Å². The lowest BCUT2D eigenvalue weighted by molar-refractivity contribution is -0.145. The van der Waals surface area contributed by atoms with Gasteiger partial charge in [0.1, 0.15) is 12.1 Å². The molecule has 0 bridgehead atoms. The highest BCUT2D eigenvalue weighted by molar-refractivity contribution is 6.36. The van der Waals surface area contributed by atoms with Crippen molar-refractivity contribution in [1.29, 1.82) is 0 Å². The van der Waals surface area contributed by atoms with Crippen molar-refractivity contribution in [3.05, 3.63) is 69.7 Å². The number of hydrogen-bond acceptors (Lipinski definition) is 4. The third kappa shape index (κ3) is 6.76. The number of carbonyl (C=O) groups excluding carboxylic acids is 3. The highest BCUT2D eigenvalue weighted by atomic mass is 35.5. The lowest BCUT2D eigenvalue weighted by atomic mass is 10.0. The molecule has 0 fully saturated rings. The minimum atomic E-state index is -1.02. The average molecular weight is 437 g/mol. The maximum Gasteiger partial charge on any atom is 0.328 e. The van der Waals surface area contributed by atoms with Gasteiger partial charge in [-0.25, -0.2) is 4.79 Å². The van der Waals surface area contributed by atoms with Crippen LogP contribution >= 0.6 is 23.2 Å². The summed E-state index contributed by atoms with van der Waals surface area (Å²) >= 11 is 12.4. The van der Waals surface area contributed by atoms with Crippen molar-refractivity contribution in [1.82, 2.24) is 10.6 Å². The summed E-state index contributed by atoms with van der Waals surface area (Å²) in [6, 6.07) is 12.4. The van der Waals surface area contributed by atoms with Crippen LogP contribution < -0.4 is 10.6 Å². The molecule has 2 rings (SSSR count). The van der Waals surface area contributed by atoms with Gasteiger partial charge < -0.3 is 15.4 Å². The van der Waals surface area contributed by atoms with E-state index in [-0.39, 0.29) is 18.7 Å². The molecule has 0 aliphatic heterocycles. The van der Waals surface area contributed by atoms with Crippen LogP contribution in [0.3, 0.4) is 0 Å². The number of amides is 2. The van der Waals surface area contributed by atoms with E-state index in [0.29, 0.717) is 15.6 Å². The maximum atomic E-state index is 12.9. The van der Waals surface area contributed by atoms with Crippen LogP contribution in [0.4, 0.5) is 0 Å². The molecule has 0 saturated carbocycles. The third-order valence-corrected chi connectivity index (χ3v) is 4.96. The summed E-state index contributed by atoms with van der Waals surface area (Å²) in [6.45, 7) is 1.33. The summed E-state index contributed by atoms with van der Waals surface area (Å²) in [4.78, 5) is 36.7. The highest BCUT2D eigenvalue weighted by Gasteiger charge is 2.28. The van der Waals surface area contributed by atoms with E-state index in [9.17, 15) is 14.4 Å². The van der Waals surface area contributed by atoms with E-state index in [4.69, 9.17) is 27.9 Å². The van der Waals surface area contributed by atoms with E-state index in [0.717, 1.165) is 5.56 Å². The molecular formula is C21H22Cl2N2O4. The van der Waals surface area contributed by atoms with E-state index in [1.54, 1.807) is 18.2 Å². The molecule has 0 radical (unpaired) electrons. The number of ether oxygens (including phenoxy) is 1.